The smallest absolute Gasteiger partial charge is 0.327 e. The molecule has 16 nitrogen and oxygen atoms in total. The molecule has 0 aliphatic carbocycles. The summed E-state index contributed by atoms with van der Waals surface area (Å²) in [6.45, 7) is -0.329. The fourth-order valence-electron chi connectivity index (χ4n) is 2.64. The molecule has 0 spiro atoms. The van der Waals surface area contributed by atoms with Crippen LogP contribution < -0.4 is 44.6 Å². The number of aliphatic imine (C=N–C) groups is 2. The van der Waals surface area contributed by atoms with Crippen LogP contribution >= 0.6 is 12.6 Å². The normalized spacial score (nSPS) is 13.9. The van der Waals surface area contributed by atoms with Crippen LogP contribution in [-0.2, 0) is 19.2 Å². The van der Waals surface area contributed by atoms with E-state index in [1.54, 1.807) is 0 Å². The molecule has 15 N–H and O–H groups in total. The van der Waals surface area contributed by atoms with Gasteiger partial charge in [-0.2, -0.15) is 12.6 Å². The molecule has 0 radical (unpaired) electrons. The van der Waals surface area contributed by atoms with Gasteiger partial charge in [-0.25, -0.2) is 4.79 Å². The third-order valence-electron chi connectivity index (χ3n) is 4.49. The highest BCUT2D eigenvalue weighted by molar-refractivity contribution is 7.80. The first-order valence-electron chi connectivity index (χ1n) is 10.6. The van der Waals surface area contributed by atoms with Gasteiger partial charge in [-0.3, -0.25) is 24.4 Å². The van der Waals surface area contributed by atoms with Crippen LogP contribution in [0.5, 0.6) is 0 Å². The standard InChI is InChI=1S/C18H36N10O6S/c19-9(7-29)13(30)26-10(3-1-5-24-17(20)21)14(31)27-11(4-2-6-25-18(22)23)15(32)28-12(8-35)16(33)34/h9-12,29,35H,1-8,19H2,(H,26,30)(H,27,31)(H,28,32)(H,33,34)(H4,20,21,24)(H4,22,23,25). The first-order chi connectivity index (χ1) is 16.4. The molecule has 0 aromatic rings. The molecular formula is C18H36N10O6S. The Bertz CT molecular complexity index is 773. The summed E-state index contributed by atoms with van der Waals surface area (Å²) in [5.74, 6) is -4.09. The van der Waals surface area contributed by atoms with Gasteiger partial charge in [-0.15, -0.1) is 0 Å². The quantitative estimate of drug-likeness (QED) is 0.0373. The fraction of sp³-hybridized carbons (Fsp3) is 0.667. The zero-order valence-electron chi connectivity index (χ0n) is 19.2. The highest BCUT2D eigenvalue weighted by Crippen LogP contribution is 2.05. The van der Waals surface area contributed by atoms with E-state index in [-0.39, 0.29) is 56.4 Å². The molecule has 0 aliphatic rings. The van der Waals surface area contributed by atoms with Crippen LogP contribution in [0.2, 0.25) is 0 Å². The van der Waals surface area contributed by atoms with Crippen LogP contribution in [0.15, 0.2) is 9.98 Å². The lowest BCUT2D eigenvalue weighted by Crippen LogP contribution is -2.57. The Morgan fingerprint density at radius 2 is 1.17 bits per heavy atom. The third-order valence-corrected chi connectivity index (χ3v) is 4.85. The molecule has 0 heterocycles. The van der Waals surface area contributed by atoms with E-state index in [0.29, 0.717) is 0 Å². The van der Waals surface area contributed by atoms with E-state index in [1.807, 2.05) is 0 Å². The van der Waals surface area contributed by atoms with Crippen molar-refractivity contribution in [2.45, 2.75) is 49.9 Å². The van der Waals surface area contributed by atoms with E-state index in [4.69, 9.17) is 33.8 Å². The molecule has 3 amide bonds. The largest absolute Gasteiger partial charge is 0.480 e. The van der Waals surface area contributed by atoms with Crippen LogP contribution in [0, 0.1) is 0 Å². The topological polar surface area (TPSA) is 300 Å². The number of carbonyl (C=O) groups excluding carboxylic acids is 3. The Balaban J connectivity index is 5.56. The van der Waals surface area contributed by atoms with Crippen LogP contribution in [0.3, 0.4) is 0 Å². The summed E-state index contributed by atoms with van der Waals surface area (Å²) in [5, 5.41) is 25.5. The van der Waals surface area contributed by atoms with Crippen molar-refractivity contribution in [2.75, 3.05) is 25.4 Å². The highest BCUT2D eigenvalue weighted by Gasteiger charge is 2.29. The summed E-state index contributed by atoms with van der Waals surface area (Å²) in [7, 11) is 0. The van der Waals surface area contributed by atoms with Gasteiger partial charge in [0.25, 0.3) is 0 Å². The molecular weight excluding hydrogens is 484 g/mol. The van der Waals surface area contributed by atoms with Gasteiger partial charge < -0.3 is 54.8 Å². The Morgan fingerprint density at radius 3 is 1.51 bits per heavy atom. The number of carboxylic acid groups (broad SMARTS) is 1. The second-order valence-electron chi connectivity index (χ2n) is 7.39. The van der Waals surface area contributed by atoms with Crippen molar-refractivity contribution in [2.24, 2.45) is 38.7 Å². The molecule has 0 aromatic heterocycles. The number of rotatable bonds is 17. The molecule has 0 saturated heterocycles. The number of thiol groups is 1. The van der Waals surface area contributed by atoms with Crippen molar-refractivity contribution in [3.05, 3.63) is 0 Å². The zero-order chi connectivity index (χ0) is 27.0. The van der Waals surface area contributed by atoms with Crippen molar-refractivity contribution >= 4 is 48.2 Å². The molecule has 0 aliphatic heterocycles. The van der Waals surface area contributed by atoms with Crippen LogP contribution in [0.4, 0.5) is 0 Å². The number of nitrogens with two attached hydrogens (primary N) is 5. The van der Waals surface area contributed by atoms with Crippen molar-refractivity contribution in [1.82, 2.24) is 16.0 Å². The first kappa shape index (κ1) is 31.7. The number of carbonyl (C=O) groups is 4. The maximum absolute atomic E-state index is 13.0. The van der Waals surface area contributed by atoms with Crippen molar-refractivity contribution in [1.29, 1.82) is 0 Å². The minimum Gasteiger partial charge on any atom is -0.480 e. The van der Waals surface area contributed by atoms with E-state index < -0.39 is 54.5 Å². The number of amides is 3. The molecule has 35 heavy (non-hydrogen) atoms. The Labute approximate surface area is 207 Å². The van der Waals surface area contributed by atoms with E-state index >= 15 is 0 Å². The fourth-order valence-corrected chi connectivity index (χ4v) is 2.88. The summed E-state index contributed by atoms with van der Waals surface area (Å²) in [4.78, 5) is 56.7. The van der Waals surface area contributed by atoms with Gasteiger partial charge in [-0.1, -0.05) is 0 Å². The van der Waals surface area contributed by atoms with E-state index in [1.165, 1.54) is 0 Å². The zero-order valence-corrected chi connectivity index (χ0v) is 20.1. The molecule has 4 atom stereocenters. The predicted octanol–water partition coefficient (Wildman–Crippen LogP) is -5.12. The van der Waals surface area contributed by atoms with Crippen LogP contribution in [-0.4, -0.2) is 95.4 Å². The summed E-state index contributed by atoms with van der Waals surface area (Å²) >= 11 is 3.90. The molecule has 0 fully saturated rings. The van der Waals surface area contributed by atoms with Crippen molar-refractivity contribution < 1.29 is 29.4 Å². The number of nitrogens with zero attached hydrogens (tertiary/aromatic N) is 2. The van der Waals surface area contributed by atoms with Gasteiger partial charge in [0.2, 0.25) is 17.7 Å². The number of aliphatic carboxylic acids is 1. The second-order valence-corrected chi connectivity index (χ2v) is 7.76. The van der Waals surface area contributed by atoms with Gasteiger partial charge in [0.05, 0.1) is 6.61 Å². The summed E-state index contributed by atoms with van der Waals surface area (Å²) < 4.78 is 0. The number of hydrogen-bond donors (Lipinski definition) is 11. The minimum atomic E-state index is -1.30. The van der Waals surface area contributed by atoms with E-state index in [0.717, 1.165) is 0 Å². The molecule has 0 bridgehead atoms. The molecule has 4 unspecified atom stereocenters. The maximum Gasteiger partial charge on any atom is 0.327 e. The van der Waals surface area contributed by atoms with E-state index in [9.17, 15) is 24.3 Å². The SMILES string of the molecule is NC(N)=NCCCC(NC(=O)C(N)CO)C(=O)NC(CCCN=C(N)N)C(=O)NC(CS)C(=O)O. The molecule has 17 heteroatoms. The Kier molecular flexibility index (Phi) is 15.5. The maximum atomic E-state index is 13.0. The predicted molar refractivity (Wildman–Crippen MR) is 132 cm³/mol. The van der Waals surface area contributed by atoms with Gasteiger partial charge in [0, 0.05) is 18.8 Å². The average molecular weight is 521 g/mol. The number of aliphatic hydroxyl groups is 1. The molecule has 0 aromatic carbocycles. The van der Waals surface area contributed by atoms with Gasteiger partial charge in [-0.05, 0) is 25.7 Å². The number of hydrogen-bond acceptors (Lipinski definition) is 9. The minimum absolute atomic E-state index is 0.0537. The lowest BCUT2D eigenvalue weighted by molar-refractivity contribution is -0.141. The molecule has 0 rings (SSSR count). The summed E-state index contributed by atoms with van der Waals surface area (Å²) in [5.41, 5.74) is 26.6. The Morgan fingerprint density at radius 1 is 0.771 bits per heavy atom. The Hall–Kier alpha value is -3.31. The lowest BCUT2D eigenvalue weighted by Gasteiger charge is -2.24. The number of nitrogens with one attached hydrogen (secondary N) is 3. The monoisotopic (exact) mass is 520 g/mol. The summed E-state index contributed by atoms with van der Waals surface area (Å²) in [6.07, 6.45) is 0.680. The average Bonchev–Trinajstić information content (AvgIpc) is 2.79. The summed E-state index contributed by atoms with van der Waals surface area (Å²) in [6, 6.07) is -4.89. The number of carboxylic acids is 1. The van der Waals surface area contributed by atoms with Crippen LogP contribution in [0.1, 0.15) is 25.7 Å². The second kappa shape index (κ2) is 17.2. The first-order valence-corrected chi connectivity index (χ1v) is 11.3. The van der Waals surface area contributed by atoms with Gasteiger partial charge >= 0.3 is 5.97 Å². The van der Waals surface area contributed by atoms with Gasteiger partial charge in [0.1, 0.15) is 24.2 Å². The van der Waals surface area contributed by atoms with E-state index in [2.05, 4.69) is 38.6 Å². The number of guanidine groups is 2. The number of aliphatic hydroxyl groups excluding tert-OH is 1. The van der Waals surface area contributed by atoms with Crippen molar-refractivity contribution in [3.63, 3.8) is 0 Å². The highest BCUT2D eigenvalue weighted by atomic mass is 32.1. The molecule has 0 saturated carbocycles. The lowest BCUT2D eigenvalue weighted by atomic mass is 10.1. The third kappa shape index (κ3) is 13.9. The van der Waals surface area contributed by atoms with Crippen LogP contribution in [0.25, 0.3) is 0 Å². The molecule has 200 valence electrons. The van der Waals surface area contributed by atoms with Crippen molar-refractivity contribution in [3.8, 4) is 0 Å². The van der Waals surface area contributed by atoms with Gasteiger partial charge in [0.15, 0.2) is 11.9 Å².